The average molecular weight is 556 g/mol. The second-order valence-corrected chi connectivity index (χ2v) is 16.7. The number of methoxy groups -OCH3 is 1. The molecule has 1 aliphatic rings. The normalized spacial score (nSPS) is 17.0. The number of fused-ring (bicyclic) bond motifs is 1. The highest BCUT2D eigenvalue weighted by atomic mass is 28.4. The lowest BCUT2D eigenvalue weighted by molar-refractivity contribution is 0.0513. The fourth-order valence-electron chi connectivity index (χ4n) is 4.68. The van der Waals surface area contributed by atoms with E-state index in [1.54, 1.807) is 18.5 Å². The van der Waals surface area contributed by atoms with E-state index in [9.17, 15) is 0 Å². The Balaban J connectivity index is 1.53. The minimum absolute atomic E-state index is 0.00155. The van der Waals surface area contributed by atoms with Crippen molar-refractivity contribution >= 4 is 24.9 Å². The van der Waals surface area contributed by atoms with E-state index < -0.39 is 14.1 Å². The van der Waals surface area contributed by atoms with E-state index in [2.05, 4.69) is 59.3 Å². The summed E-state index contributed by atoms with van der Waals surface area (Å²) in [5.74, 6) is 0.598. The Morgan fingerprint density at radius 2 is 1.97 bits per heavy atom. The molecule has 0 amide bonds. The zero-order valence-corrected chi connectivity index (χ0v) is 25.3. The molecule has 1 N–H and O–H groups in total. The fraction of sp³-hybridized carbons (Fsp3) is 0.552. The van der Waals surface area contributed by atoms with E-state index in [0.717, 1.165) is 55.4 Å². The molecule has 1 saturated heterocycles. The van der Waals surface area contributed by atoms with Crippen molar-refractivity contribution in [1.82, 2.24) is 20.1 Å². The topological polar surface area (TPSA) is 81.6 Å². The Labute approximate surface area is 232 Å². The molecule has 0 spiro atoms. The first kappa shape index (κ1) is 29.3. The van der Waals surface area contributed by atoms with E-state index >= 15 is 4.39 Å². The molecule has 3 aromatic rings. The van der Waals surface area contributed by atoms with Crippen molar-refractivity contribution in [2.75, 3.05) is 45.5 Å². The van der Waals surface area contributed by atoms with Gasteiger partial charge >= 0.3 is 0 Å². The summed E-state index contributed by atoms with van der Waals surface area (Å²) in [6.07, 6.45) is 5.57. The molecule has 3 heterocycles. The van der Waals surface area contributed by atoms with Crippen molar-refractivity contribution in [3.63, 3.8) is 0 Å². The van der Waals surface area contributed by atoms with Crippen LogP contribution in [0, 0.1) is 12.7 Å². The van der Waals surface area contributed by atoms with Crippen molar-refractivity contribution in [3.8, 4) is 17.0 Å². The largest absolute Gasteiger partial charge is 0.467 e. The number of pyridine rings is 1. The number of nitrogens with zero attached hydrogens (tertiary/aromatic N) is 4. The summed E-state index contributed by atoms with van der Waals surface area (Å²) in [5.41, 5.74) is 1.42. The maximum absolute atomic E-state index is 15.3. The third-order valence-electron chi connectivity index (χ3n) is 7.87. The SMILES string of the molecule is COCOc1cc(C)cc(F)c1-c1nnc(N[C@@H]2CCCN(CCO[Si](C)(C)C(C)(C)C)C2)c2cnccc12. The second-order valence-electron chi connectivity index (χ2n) is 11.9. The molecule has 212 valence electrons. The quantitative estimate of drug-likeness (QED) is 0.240. The zero-order valence-electron chi connectivity index (χ0n) is 24.3. The maximum atomic E-state index is 15.3. The number of hydrogen-bond acceptors (Lipinski definition) is 8. The van der Waals surface area contributed by atoms with Gasteiger partial charge in [-0.1, -0.05) is 20.8 Å². The van der Waals surface area contributed by atoms with Crippen molar-refractivity contribution in [2.24, 2.45) is 0 Å². The molecule has 8 nitrogen and oxygen atoms in total. The van der Waals surface area contributed by atoms with Gasteiger partial charge in [-0.2, -0.15) is 0 Å². The molecular formula is C29H42FN5O3Si. The van der Waals surface area contributed by atoms with Gasteiger partial charge in [0.15, 0.2) is 20.9 Å². The number of piperidine rings is 1. The van der Waals surface area contributed by atoms with Gasteiger partial charge in [-0.15, -0.1) is 10.2 Å². The number of ether oxygens (including phenoxy) is 2. The first-order chi connectivity index (χ1) is 18.5. The molecule has 1 aromatic carbocycles. The highest BCUT2D eigenvalue weighted by Crippen LogP contribution is 2.38. The number of halogens is 1. The molecule has 0 bridgehead atoms. The molecule has 4 rings (SSSR count). The average Bonchev–Trinajstić information content (AvgIpc) is 2.87. The zero-order chi connectivity index (χ0) is 28.2. The Morgan fingerprint density at radius 3 is 2.72 bits per heavy atom. The fourth-order valence-corrected chi connectivity index (χ4v) is 5.72. The summed E-state index contributed by atoms with van der Waals surface area (Å²) in [7, 11) is -0.232. The van der Waals surface area contributed by atoms with Gasteiger partial charge in [0.05, 0.1) is 5.56 Å². The van der Waals surface area contributed by atoms with Gasteiger partial charge in [-0.3, -0.25) is 9.88 Å². The number of hydrogen-bond donors (Lipinski definition) is 1. The predicted octanol–water partition coefficient (Wildman–Crippen LogP) is 6.02. The third kappa shape index (κ3) is 6.92. The Kier molecular flexibility index (Phi) is 9.20. The summed E-state index contributed by atoms with van der Waals surface area (Å²) >= 11 is 0. The second kappa shape index (κ2) is 12.2. The van der Waals surface area contributed by atoms with Crippen LogP contribution < -0.4 is 10.1 Å². The van der Waals surface area contributed by atoms with Gasteiger partial charge in [0.25, 0.3) is 0 Å². The Hall–Kier alpha value is -2.66. The van der Waals surface area contributed by atoms with Gasteiger partial charge in [0.2, 0.25) is 0 Å². The lowest BCUT2D eigenvalue weighted by Gasteiger charge is -2.38. The first-order valence-electron chi connectivity index (χ1n) is 13.7. The third-order valence-corrected chi connectivity index (χ3v) is 12.4. The van der Waals surface area contributed by atoms with Gasteiger partial charge in [-0.05, 0) is 68.2 Å². The van der Waals surface area contributed by atoms with E-state index in [1.807, 2.05) is 13.0 Å². The van der Waals surface area contributed by atoms with Crippen LogP contribution in [0.15, 0.2) is 30.6 Å². The number of rotatable bonds is 10. The molecule has 1 aliphatic heterocycles. The van der Waals surface area contributed by atoms with Crippen LogP contribution in [-0.4, -0.2) is 74.6 Å². The standard InChI is InChI=1S/C29H42FN5O3Si/c1-20-15-24(30)26(25(16-20)37-19-36-5)27-22-10-11-31-17-23(22)28(34-33-27)32-21-9-8-12-35(18-21)13-14-38-39(6,7)29(2,3)4/h10-11,15-17,21H,8-9,12-14,18-19H2,1-7H3,(H,32,34)/t21-/m1/s1. The molecule has 1 fully saturated rings. The lowest BCUT2D eigenvalue weighted by atomic mass is 10.0. The molecule has 0 saturated carbocycles. The van der Waals surface area contributed by atoms with E-state index in [1.165, 1.54) is 13.2 Å². The van der Waals surface area contributed by atoms with Crippen molar-refractivity contribution in [2.45, 2.75) is 64.7 Å². The number of nitrogens with one attached hydrogen (secondary N) is 1. The van der Waals surface area contributed by atoms with Crippen LogP contribution in [0.3, 0.4) is 0 Å². The minimum Gasteiger partial charge on any atom is -0.467 e. The van der Waals surface area contributed by atoms with Gasteiger partial charge in [-0.25, -0.2) is 4.39 Å². The van der Waals surface area contributed by atoms with E-state index in [4.69, 9.17) is 13.9 Å². The number of aryl methyl sites for hydroxylation is 1. The molecule has 10 heteroatoms. The van der Waals surface area contributed by atoms with Crippen molar-refractivity contribution < 1.29 is 18.3 Å². The first-order valence-corrected chi connectivity index (χ1v) is 16.6. The van der Waals surface area contributed by atoms with Gasteiger partial charge < -0.3 is 19.2 Å². The summed E-state index contributed by atoms with van der Waals surface area (Å²) in [6, 6.07) is 5.31. The maximum Gasteiger partial charge on any atom is 0.192 e. The monoisotopic (exact) mass is 555 g/mol. The molecule has 39 heavy (non-hydrogen) atoms. The van der Waals surface area contributed by atoms with Crippen LogP contribution in [0.5, 0.6) is 5.75 Å². The molecule has 0 unspecified atom stereocenters. The molecule has 0 radical (unpaired) electrons. The smallest absolute Gasteiger partial charge is 0.192 e. The van der Waals surface area contributed by atoms with Crippen LogP contribution in [0.4, 0.5) is 10.2 Å². The van der Waals surface area contributed by atoms with Crippen molar-refractivity contribution in [3.05, 3.63) is 42.0 Å². The van der Waals surface area contributed by atoms with Gasteiger partial charge in [0, 0.05) is 56.0 Å². The predicted molar refractivity (Wildman–Crippen MR) is 156 cm³/mol. The highest BCUT2D eigenvalue weighted by Gasteiger charge is 2.37. The summed E-state index contributed by atoms with van der Waals surface area (Å²) in [5, 5.41) is 14.4. The van der Waals surface area contributed by atoms with E-state index in [-0.39, 0.29) is 23.4 Å². The summed E-state index contributed by atoms with van der Waals surface area (Å²) in [6.45, 7) is 16.8. The molecule has 0 aliphatic carbocycles. The summed E-state index contributed by atoms with van der Waals surface area (Å²) in [4.78, 5) is 6.79. The van der Waals surface area contributed by atoms with Crippen LogP contribution in [0.1, 0.15) is 39.2 Å². The molecular weight excluding hydrogens is 513 g/mol. The summed E-state index contributed by atoms with van der Waals surface area (Å²) < 4.78 is 32.5. The van der Waals surface area contributed by atoms with Crippen LogP contribution in [0.2, 0.25) is 18.1 Å². The number of likely N-dealkylation sites (tertiary alicyclic amines) is 1. The number of anilines is 1. The lowest BCUT2D eigenvalue weighted by Crippen LogP contribution is -2.46. The van der Waals surface area contributed by atoms with Crippen LogP contribution in [-0.2, 0) is 9.16 Å². The Morgan fingerprint density at radius 1 is 1.18 bits per heavy atom. The van der Waals surface area contributed by atoms with Crippen molar-refractivity contribution in [1.29, 1.82) is 0 Å². The Bertz CT molecular complexity index is 1280. The number of benzene rings is 1. The van der Waals surface area contributed by atoms with E-state index in [0.29, 0.717) is 17.3 Å². The minimum atomic E-state index is -1.76. The molecule has 2 aromatic heterocycles. The van der Waals surface area contributed by atoms with Crippen LogP contribution >= 0.6 is 0 Å². The highest BCUT2D eigenvalue weighted by molar-refractivity contribution is 6.74. The van der Waals surface area contributed by atoms with Gasteiger partial charge in [0.1, 0.15) is 17.3 Å². The molecule has 1 atom stereocenters. The van der Waals surface area contributed by atoms with Crippen LogP contribution in [0.25, 0.3) is 22.0 Å². The number of aromatic nitrogens is 3.